The third-order valence-electron chi connectivity index (χ3n) is 6.42. The van der Waals surface area contributed by atoms with Crippen LogP contribution in [0.15, 0.2) is 24.3 Å². The fraction of sp³-hybridized carbons (Fsp3) is 0.409. The van der Waals surface area contributed by atoms with Gasteiger partial charge in [-0.25, -0.2) is 4.57 Å². The normalized spacial score (nSPS) is 24.8. The molecule has 34 heavy (non-hydrogen) atoms. The number of methoxy groups -OCH3 is 3. The van der Waals surface area contributed by atoms with Gasteiger partial charge < -0.3 is 38.2 Å². The van der Waals surface area contributed by atoms with Crippen molar-refractivity contribution in [2.24, 2.45) is 11.8 Å². The van der Waals surface area contributed by atoms with E-state index in [2.05, 4.69) is 0 Å². The third-order valence-corrected chi connectivity index (χ3v) is 6.92. The summed E-state index contributed by atoms with van der Waals surface area (Å²) < 4.78 is 49.9. The van der Waals surface area contributed by atoms with Crippen molar-refractivity contribution in [3.05, 3.63) is 41.0 Å². The molecule has 2 aromatic carbocycles. The molecule has 1 saturated heterocycles. The molecule has 4 atom stereocenters. The Morgan fingerprint density at radius 3 is 2.09 bits per heavy atom. The fourth-order valence-electron chi connectivity index (χ4n) is 5.08. The van der Waals surface area contributed by atoms with Crippen molar-refractivity contribution in [2.75, 3.05) is 34.7 Å². The first-order valence-electron chi connectivity index (χ1n) is 10.4. The van der Waals surface area contributed by atoms with E-state index in [-0.39, 0.29) is 13.4 Å². The summed E-state index contributed by atoms with van der Waals surface area (Å²) in [4.78, 5) is 32.2. The molecule has 0 amide bonds. The minimum Gasteiger partial charge on any atom is -0.493 e. The molecular formula is C22H23O11P. The van der Waals surface area contributed by atoms with Crippen LogP contribution in [0.2, 0.25) is 0 Å². The molecule has 11 nitrogen and oxygen atoms in total. The number of carbonyl (C=O) groups is 1. The van der Waals surface area contributed by atoms with Crippen LogP contribution in [0.25, 0.3) is 0 Å². The quantitative estimate of drug-likeness (QED) is 0.452. The summed E-state index contributed by atoms with van der Waals surface area (Å²) in [6.07, 6.45) is -1.10. The van der Waals surface area contributed by atoms with Crippen LogP contribution in [0.5, 0.6) is 28.7 Å². The van der Waals surface area contributed by atoms with Crippen LogP contribution < -0.4 is 23.7 Å². The van der Waals surface area contributed by atoms with Crippen LogP contribution in [-0.4, -0.2) is 50.5 Å². The number of phosphoric ester groups is 1. The van der Waals surface area contributed by atoms with Crippen molar-refractivity contribution in [2.45, 2.75) is 12.0 Å². The number of cyclic esters (lactones) is 1. The molecule has 2 N–H and O–H groups in total. The maximum absolute atomic E-state index is 13.0. The highest BCUT2D eigenvalue weighted by molar-refractivity contribution is 7.46. The molecule has 12 heteroatoms. The van der Waals surface area contributed by atoms with Crippen LogP contribution in [-0.2, 0) is 18.6 Å². The van der Waals surface area contributed by atoms with Gasteiger partial charge in [-0.1, -0.05) is 0 Å². The van der Waals surface area contributed by atoms with E-state index in [1.807, 2.05) is 0 Å². The zero-order valence-corrected chi connectivity index (χ0v) is 19.4. The highest BCUT2D eigenvalue weighted by atomic mass is 31.2. The van der Waals surface area contributed by atoms with E-state index >= 15 is 0 Å². The summed E-state index contributed by atoms with van der Waals surface area (Å²) in [5, 5.41) is 0. The number of fused-ring (bicyclic) bond motifs is 3. The average molecular weight is 494 g/mol. The molecule has 0 aromatic heterocycles. The fourth-order valence-corrected chi connectivity index (χ4v) is 5.64. The van der Waals surface area contributed by atoms with Gasteiger partial charge in [-0.3, -0.25) is 9.32 Å². The smallest absolute Gasteiger partial charge is 0.470 e. The summed E-state index contributed by atoms with van der Waals surface area (Å²) in [6, 6.07) is 6.84. The molecule has 182 valence electrons. The van der Waals surface area contributed by atoms with Gasteiger partial charge in [0.1, 0.15) is 6.10 Å². The Bertz CT molecular complexity index is 1160. The van der Waals surface area contributed by atoms with Gasteiger partial charge in [-0.15, -0.1) is 0 Å². The Kier molecular flexibility index (Phi) is 5.60. The Morgan fingerprint density at radius 1 is 0.912 bits per heavy atom. The summed E-state index contributed by atoms with van der Waals surface area (Å²) in [5.41, 5.74) is 1.74. The summed E-state index contributed by atoms with van der Waals surface area (Å²) in [6.45, 7) is -0.0467. The number of rotatable bonds is 6. The average Bonchev–Trinajstić information content (AvgIpc) is 3.42. The highest BCUT2D eigenvalue weighted by Gasteiger charge is 2.54. The monoisotopic (exact) mass is 494 g/mol. The maximum Gasteiger partial charge on any atom is 0.470 e. The van der Waals surface area contributed by atoms with E-state index in [1.165, 1.54) is 21.3 Å². The van der Waals surface area contributed by atoms with Crippen molar-refractivity contribution < 1.29 is 52.1 Å². The molecule has 1 aliphatic carbocycles. The Balaban J connectivity index is 1.75. The first-order valence-corrected chi connectivity index (χ1v) is 11.9. The van der Waals surface area contributed by atoms with Gasteiger partial charge in [0.05, 0.1) is 33.9 Å². The van der Waals surface area contributed by atoms with E-state index < -0.39 is 37.6 Å². The molecule has 0 saturated carbocycles. The molecule has 2 heterocycles. The van der Waals surface area contributed by atoms with Gasteiger partial charge in [0, 0.05) is 11.8 Å². The van der Waals surface area contributed by atoms with Gasteiger partial charge in [0.15, 0.2) is 23.0 Å². The summed E-state index contributed by atoms with van der Waals surface area (Å²) in [5.74, 6) is -0.443. The maximum atomic E-state index is 13.0. The molecule has 0 spiro atoms. The topological polar surface area (TPSA) is 139 Å². The van der Waals surface area contributed by atoms with Gasteiger partial charge in [0.2, 0.25) is 12.5 Å². The number of ether oxygens (including phenoxy) is 6. The van der Waals surface area contributed by atoms with E-state index in [9.17, 15) is 19.1 Å². The second-order valence-corrected chi connectivity index (χ2v) is 9.30. The second kappa shape index (κ2) is 8.35. The largest absolute Gasteiger partial charge is 0.493 e. The summed E-state index contributed by atoms with van der Waals surface area (Å²) in [7, 11) is -0.430. The zero-order valence-electron chi connectivity index (χ0n) is 18.5. The van der Waals surface area contributed by atoms with Crippen LogP contribution in [0, 0.1) is 11.8 Å². The van der Waals surface area contributed by atoms with Crippen molar-refractivity contribution >= 4 is 13.8 Å². The predicted octanol–water partition coefficient (Wildman–Crippen LogP) is 2.53. The standard InChI is InChI=1S/C22H23O11P/c1-27-16-4-10(5-17(28-2)21(16)29-3)18-11-6-14-15(32-9-31-14)7-12(11)20(33-34(24,25)26)13-8-30-22(23)19(13)18/h4-7,13,18-20H,8-9H2,1-3H3,(H2,24,25,26)/t13-,18+,19-,20-/m0/s1. The van der Waals surface area contributed by atoms with Crippen molar-refractivity contribution in [3.8, 4) is 28.7 Å². The van der Waals surface area contributed by atoms with E-state index in [0.717, 1.165) is 0 Å². The number of hydrogen-bond donors (Lipinski definition) is 2. The van der Waals surface area contributed by atoms with Crippen molar-refractivity contribution in [1.29, 1.82) is 0 Å². The number of esters is 1. The van der Waals surface area contributed by atoms with Gasteiger partial charge in [-0.2, -0.15) is 0 Å². The Labute approximate surface area is 194 Å². The lowest BCUT2D eigenvalue weighted by molar-refractivity contribution is -0.141. The molecule has 0 bridgehead atoms. The number of carbonyl (C=O) groups excluding carboxylic acids is 1. The number of benzene rings is 2. The van der Waals surface area contributed by atoms with Crippen molar-refractivity contribution in [1.82, 2.24) is 0 Å². The van der Waals surface area contributed by atoms with Crippen LogP contribution in [0.3, 0.4) is 0 Å². The Hall–Kier alpha value is -2.98. The molecule has 3 aliphatic rings. The second-order valence-electron chi connectivity index (χ2n) is 8.11. The number of phosphoric acid groups is 1. The summed E-state index contributed by atoms with van der Waals surface area (Å²) >= 11 is 0. The lowest BCUT2D eigenvalue weighted by atomic mass is 9.66. The molecule has 5 rings (SSSR count). The van der Waals surface area contributed by atoms with Crippen molar-refractivity contribution in [3.63, 3.8) is 0 Å². The zero-order chi connectivity index (χ0) is 24.2. The lowest BCUT2D eigenvalue weighted by Crippen LogP contribution is -2.35. The van der Waals surface area contributed by atoms with Crippen LogP contribution in [0.4, 0.5) is 0 Å². The number of hydrogen-bond acceptors (Lipinski definition) is 9. The van der Waals surface area contributed by atoms with E-state index in [1.54, 1.807) is 24.3 Å². The minimum absolute atomic E-state index is 0.00594. The molecule has 2 aliphatic heterocycles. The molecule has 1 fully saturated rings. The first-order chi connectivity index (χ1) is 16.3. The van der Waals surface area contributed by atoms with E-state index in [4.69, 9.17) is 32.9 Å². The molecule has 0 radical (unpaired) electrons. The molecule has 2 aromatic rings. The molecular weight excluding hydrogens is 471 g/mol. The van der Waals surface area contributed by atoms with Crippen LogP contribution >= 0.6 is 7.82 Å². The predicted molar refractivity (Wildman–Crippen MR) is 114 cm³/mol. The highest BCUT2D eigenvalue weighted by Crippen LogP contribution is 2.59. The Morgan fingerprint density at radius 2 is 1.53 bits per heavy atom. The van der Waals surface area contributed by atoms with E-state index in [0.29, 0.717) is 45.4 Å². The van der Waals surface area contributed by atoms with Crippen LogP contribution in [0.1, 0.15) is 28.7 Å². The minimum atomic E-state index is -4.90. The SMILES string of the molecule is COc1cc([C@@H]2c3cc4c(cc3[C@H](OP(=O)(O)O)[C@H]3COC(=O)[C@H]23)OCO4)cc(OC)c1OC. The molecule has 0 unspecified atom stereocenters. The van der Waals surface area contributed by atoms with Gasteiger partial charge in [0.25, 0.3) is 0 Å². The van der Waals surface area contributed by atoms with Gasteiger partial charge >= 0.3 is 13.8 Å². The first kappa shape index (κ1) is 22.8. The third kappa shape index (κ3) is 3.65. The lowest BCUT2D eigenvalue weighted by Gasteiger charge is -2.38. The van der Waals surface area contributed by atoms with Gasteiger partial charge in [-0.05, 0) is 41.0 Å².